The Morgan fingerprint density at radius 1 is 0.795 bits per heavy atom. The molecule has 0 spiro atoms. The molecule has 1 aliphatic rings. The second-order valence-electron chi connectivity index (χ2n) is 11.5. The van der Waals surface area contributed by atoms with Crippen molar-refractivity contribution in [3.05, 3.63) is 96.8 Å². The van der Waals surface area contributed by atoms with E-state index in [1.165, 1.54) is 0 Å². The lowest BCUT2D eigenvalue weighted by Crippen LogP contribution is -2.32. The predicted octanol–water partition coefficient (Wildman–Crippen LogP) is 6.69. The highest BCUT2D eigenvalue weighted by Crippen LogP contribution is 2.30. The fourth-order valence-electron chi connectivity index (χ4n) is 5.97. The van der Waals surface area contributed by atoms with Gasteiger partial charge in [0.05, 0.1) is 10.4 Å². The number of hydrogen-bond acceptors (Lipinski definition) is 7. The summed E-state index contributed by atoms with van der Waals surface area (Å²) in [5.74, 6) is 2.37. The van der Waals surface area contributed by atoms with Gasteiger partial charge in [0, 0.05) is 55.8 Å². The highest BCUT2D eigenvalue weighted by Gasteiger charge is 2.24. The number of sulfonamides is 1. The Morgan fingerprint density at radius 3 is 2.25 bits per heavy atom. The van der Waals surface area contributed by atoms with E-state index in [1.54, 1.807) is 12.1 Å². The largest absolute Gasteiger partial charge is 0.359 e. The highest BCUT2D eigenvalue weighted by molar-refractivity contribution is 7.89. The van der Waals surface area contributed by atoms with E-state index >= 15 is 0 Å². The van der Waals surface area contributed by atoms with E-state index in [1.807, 2.05) is 72.9 Å². The lowest BCUT2D eigenvalue weighted by molar-refractivity contribution is 0.284. The van der Waals surface area contributed by atoms with Gasteiger partial charge in [0.1, 0.15) is 5.82 Å². The van der Waals surface area contributed by atoms with Crippen LogP contribution in [0, 0.1) is 11.8 Å². The summed E-state index contributed by atoms with van der Waals surface area (Å²) in [6, 6.07) is 27.2. The first kappa shape index (κ1) is 31.3. The van der Waals surface area contributed by atoms with Gasteiger partial charge in [-0.3, -0.25) is 4.98 Å². The molecule has 0 atom stereocenters. The molecule has 2 heterocycles. The number of para-hydroxylation sites is 1. The van der Waals surface area contributed by atoms with Crippen LogP contribution in [0.3, 0.4) is 0 Å². The highest BCUT2D eigenvalue weighted by atomic mass is 32.2. The van der Waals surface area contributed by atoms with Crippen molar-refractivity contribution in [3.8, 4) is 0 Å². The van der Waals surface area contributed by atoms with E-state index in [0.29, 0.717) is 29.2 Å². The minimum absolute atomic E-state index is 0. The zero-order valence-electron chi connectivity index (χ0n) is 24.5. The van der Waals surface area contributed by atoms with Crippen molar-refractivity contribution in [2.45, 2.75) is 44.4 Å². The molecule has 2 aromatic heterocycles. The van der Waals surface area contributed by atoms with E-state index in [-0.39, 0.29) is 7.43 Å². The fourth-order valence-corrected chi connectivity index (χ4v) is 7.32. The number of hydrogen-bond donors (Lipinski definition) is 2. The van der Waals surface area contributed by atoms with E-state index in [4.69, 9.17) is 9.97 Å². The molecule has 0 bridgehead atoms. The Labute approximate surface area is 261 Å². The summed E-state index contributed by atoms with van der Waals surface area (Å²) in [5.41, 5.74) is 1.98. The third-order valence-electron chi connectivity index (χ3n) is 8.49. The molecule has 9 heteroatoms. The maximum absolute atomic E-state index is 13.2. The van der Waals surface area contributed by atoms with Gasteiger partial charge < -0.3 is 10.2 Å². The Morgan fingerprint density at radius 2 is 1.48 bits per heavy atom. The summed E-state index contributed by atoms with van der Waals surface area (Å²) in [7, 11) is -1.51. The molecule has 5 aromatic rings. The van der Waals surface area contributed by atoms with Gasteiger partial charge in [0.2, 0.25) is 16.0 Å². The number of rotatable bonds is 11. The third kappa shape index (κ3) is 7.34. The SMILES string of the molecule is C.CN(CCc1ccccn1)c1nc(NCC2CCC(CNS(=O)(=O)c3cccc4ccccc34)CC2)nc2ccccc12. The van der Waals surface area contributed by atoms with E-state index in [0.717, 1.165) is 78.4 Å². The summed E-state index contributed by atoms with van der Waals surface area (Å²) in [6.07, 6.45) is 6.72. The zero-order valence-corrected chi connectivity index (χ0v) is 25.3. The molecule has 8 nitrogen and oxygen atoms in total. The van der Waals surface area contributed by atoms with Crippen LogP contribution >= 0.6 is 0 Å². The predicted molar refractivity (Wildman–Crippen MR) is 181 cm³/mol. The summed E-state index contributed by atoms with van der Waals surface area (Å²) >= 11 is 0. The van der Waals surface area contributed by atoms with Crippen molar-refractivity contribution in [1.82, 2.24) is 19.7 Å². The van der Waals surface area contributed by atoms with Crippen molar-refractivity contribution in [3.63, 3.8) is 0 Å². The summed E-state index contributed by atoms with van der Waals surface area (Å²) < 4.78 is 29.2. The topological polar surface area (TPSA) is 100 Å². The van der Waals surface area contributed by atoms with Crippen LogP contribution in [0.4, 0.5) is 11.8 Å². The minimum Gasteiger partial charge on any atom is -0.359 e. The van der Waals surface area contributed by atoms with Crippen LogP contribution in [0.1, 0.15) is 38.8 Å². The van der Waals surface area contributed by atoms with E-state index < -0.39 is 10.0 Å². The van der Waals surface area contributed by atoms with Crippen LogP contribution in [-0.2, 0) is 16.4 Å². The monoisotopic (exact) mass is 610 g/mol. The standard InChI is InChI=1S/C34H38N6O2S.CH4/c1-40(22-20-28-11-6-7-21-35-28)33-30-13-4-5-14-31(30)38-34(39-33)36-23-25-16-18-26(19-17-25)24-37-43(41,42)32-15-8-10-27-9-2-3-12-29(27)32;/h2-15,21,25-26,37H,16-20,22-24H2,1H3,(H,36,38,39);1H4. The summed E-state index contributed by atoms with van der Waals surface area (Å²) in [6.45, 7) is 2.06. The molecule has 1 fully saturated rings. The lowest BCUT2D eigenvalue weighted by Gasteiger charge is -2.29. The molecular formula is C35H42N6O2S. The van der Waals surface area contributed by atoms with Crippen LogP contribution in [-0.4, -0.2) is 50.1 Å². The molecule has 0 amide bonds. The van der Waals surface area contributed by atoms with Crippen molar-refractivity contribution in [1.29, 1.82) is 0 Å². The average molecular weight is 611 g/mol. The third-order valence-corrected chi connectivity index (χ3v) is 9.97. The maximum atomic E-state index is 13.2. The molecule has 0 aliphatic heterocycles. The molecule has 230 valence electrons. The van der Waals surface area contributed by atoms with Gasteiger partial charge in [-0.1, -0.05) is 62.0 Å². The first-order valence-electron chi connectivity index (χ1n) is 15.1. The van der Waals surface area contributed by atoms with Gasteiger partial charge in [-0.05, 0) is 73.2 Å². The number of nitrogens with zero attached hydrogens (tertiary/aromatic N) is 4. The molecule has 0 unspecified atom stereocenters. The maximum Gasteiger partial charge on any atom is 0.241 e. The Balaban J connectivity index is 0.00000384. The summed E-state index contributed by atoms with van der Waals surface area (Å²) in [5, 5.41) is 6.23. The first-order chi connectivity index (χ1) is 21.0. The van der Waals surface area contributed by atoms with Gasteiger partial charge in [0.25, 0.3) is 0 Å². The van der Waals surface area contributed by atoms with E-state index in [9.17, 15) is 8.42 Å². The van der Waals surface area contributed by atoms with Crippen LogP contribution in [0.15, 0.2) is 96.0 Å². The van der Waals surface area contributed by atoms with Gasteiger partial charge in [-0.25, -0.2) is 18.1 Å². The quantitative estimate of drug-likeness (QED) is 0.172. The average Bonchev–Trinajstić information content (AvgIpc) is 3.05. The number of likely N-dealkylation sites (N-methyl/N-ethyl adjacent to an activating group) is 1. The molecule has 44 heavy (non-hydrogen) atoms. The number of nitrogens with one attached hydrogen (secondary N) is 2. The first-order valence-corrected chi connectivity index (χ1v) is 16.5. The molecule has 1 aliphatic carbocycles. The molecular weight excluding hydrogens is 568 g/mol. The summed E-state index contributed by atoms with van der Waals surface area (Å²) in [4.78, 5) is 16.7. The van der Waals surface area contributed by atoms with E-state index in [2.05, 4.69) is 33.0 Å². The Hall–Kier alpha value is -4.08. The molecule has 6 rings (SSSR count). The minimum atomic E-state index is -3.58. The van der Waals surface area contributed by atoms with Gasteiger partial charge in [-0.2, -0.15) is 4.98 Å². The van der Waals surface area contributed by atoms with Crippen LogP contribution in [0.5, 0.6) is 0 Å². The number of benzene rings is 3. The second-order valence-corrected chi connectivity index (χ2v) is 13.2. The van der Waals surface area contributed by atoms with Crippen LogP contribution in [0.2, 0.25) is 0 Å². The van der Waals surface area contributed by atoms with Crippen molar-refractivity contribution >= 4 is 43.5 Å². The van der Waals surface area contributed by atoms with Gasteiger partial charge >= 0.3 is 0 Å². The molecule has 3 aromatic carbocycles. The fraction of sp³-hybridized carbons (Fsp3) is 0.343. The number of aromatic nitrogens is 3. The van der Waals surface area contributed by atoms with Gasteiger partial charge in [0.15, 0.2) is 0 Å². The number of anilines is 2. The smallest absolute Gasteiger partial charge is 0.241 e. The molecule has 0 radical (unpaired) electrons. The lowest BCUT2D eigenvalue weighted by atomic mass is 9.82. The molecule has 1 saturated carbocycles. The number of fused-ring (bicyclic) bond motifs is 2. The normalized spacial score (nSPS) is 16.8. The number of pyridine rings is 1. The van der Waals surface area contributed by atoms with Crippen LogP contribution in [0.25, 0.3) is 21.7 Å². The molecule has 0 saturated heterocycles. The van der Waals surface area contributed by atoms with Crippen molar-refractivity contribution < 1.29 is 8.42 Å². The molecule has 2 N–H and O–H groups in total. The second kappa shape index (κ2) is 14.1. The Bertz CT molecular complexity index is 1780. The van der Waals surface area contributed by atoms with Gasteiger partial charge in [-0.15, -0.1) is 0 Å². The van der Waals surface area contributed by atoms with Crippen molar-refractivity contribution in [2.24, 2.45) is 11.8 Å². The van der Waals surface area contributed by atoms with Crippen LogP contribution < -0.4 is 14.9 Å². The Kier molecular flexibility index (Phi) is 10.1. The van der Waals surface area contributed by atoms with Crippen molar-refractivity contribution in [2.75, 3.05) is 36.9 Å². The zero-order chi connectivity index (χ0) is 29.6.